The summed E-state index contributed by atoms with van der Waals surface area (Å²) < 4.78 is 28.8. The van der Waals surface area contributed by atoms with Gasteiger partial charge in [-0.15, -0.1) is 0 Å². The molecule has 6 heteroatoms. The quantitative estimate of drug-likeness (QED) is 0.615. The molecule has 1 aromatic rings. The molecule has 1 aromatic carbocycles. The predicted octanol–water partition coefficient (Wildman–Crippen LogP) is 1.26. The van der Waals surface area contributed by atoms with Crippen LogP contribution in [0.25, 0.3) is 6.08 Å². The van der Waals surface area contributed by atoms with Crippen molar-refractivity contribution in [3.8, 4) is 0 Å². The van der Waals surface area contributed by atoms with Crippen molar-refractivity contribution in [3.63, 3.8) is 0 Å². The Hall–Kier alpha value is -1.95. The van der Waals surface area contributed by atoms with Crippen LogP contribution in [0.15, 0.2) is 28.0 Å². The van der Waals surface area contributed by atoms with Gasteiger partial charge < -0.3 is 4.74 Å². The zero-order chi connectivity index (χ0) is 14.2. The summed E-state index contributed by atoms with van der Waals surface area (Å²) in [5, 5.41) is 0. The van der Waals surface area contributed by atoms with Gasteiger partial charge in [0.1, 0.15) is 4.91 Å². The molecule has 0 spiro atoms. The minimum Gasteiger partial charge on any atom is -0.460 e. The average molecular weight is 280 g/mol. The van der Waals surface area contributed by atoms with E-state index in [4.69, 9.17) is 0 Å². The van der Waals surface area contributed by atoms with Crippen molar-refractivity contribution in [1.82, 2.24) is 0 Å². The molecule has 0 saturated carbocycles. The molecule has 0 aromatic heterocycles. The summed E-state index contributed by atoms with van der Waals surface area (Å²) in [5.41, 5.74) is 1.29. The largest absolute Gasteiger partial charge is 0.460 e. The Labute approximate surface area is 110 Å². The van der Waals surface area contributed by atoms with Crippen LogP contribution in [0.3, 0.4) is 0 Å². The molecular weight excluding hydrogens is 268 g/mol. The number of sulfone groups is 1. The van der Waals surface area contributed by atoms with Crippen molar-refractivity contribution in [2.75, 3.05) is 6.61 Å². The second kappa shape index (κ2) is 4.62. The fourth-order valence-electron chi connectivity index (χ4n) is 1.85. The normalized spacial score (nSPS) is 15.6. The molecule has 0 aliphatic carbocycles. The Kier molecular flexibility index (Phi) is 3.28. The number of aryl methyl sites for hydroxylation is 1. The van der Waals surface area contributed by atoms with Crippen LogP contribution in [0.2, 0.25) is 0 Å². The number of rotatable bonds is 3. The lowest BCUT2D eigenvalue weighted by molar-refractivity contribution is -0.151. The summed E-state index contributed by atoms with van der Waals surface area (Å²) in [6.45, 7) is 3.37. The highest BCUT2D eigenvalue weighted by Crippen LogP contribution is 2.33. The first-order valence-corrected chi connectivity index (χ1v) is 7.15. The lowest BCUT2D eigenvalue weighted by Gasteiger charge is -2.03. The summed E-state index contributed by atoms with van der Waals surface area (Å²) in [6, 6.07) is 4.72. The number of ether oxygens (including phenoxy) is 1. The molecule has 1 aliphatic heterocycles. The standard InChI is InChI=1S/C13H12O5S/c1-3-18-13(15)12(14)11-7-9-6-8(2)4-5-10(9)19(11,16)17/h4-7H,3H2,1-2H3. The number of esters is 1. The second-order valence-electron chi connectivity index (χ2n) is 4.10. The topological polar surface area (TPSA) is 77.5 Å². The van der Waals surface area contributed by atoms with Gasteiger partial charge in [0.15, 0.2) is 0 Å². The van der Waals surface area contributed by atoms with E-state index in [2.05, 4.69) is 4.74 Å². The smallest absolute Gasteiger partial charge is 0.380 e. The fraction of sp³-hybridized carbons (Fsp3) is 0.231. The zero-order valence-corrected chi connectivity index (χ0v) is 11.3. The molecule has 1 aliphatic rings. The molecule has 100 valence electrons. The van der Waals surface area contributed by atoms with E-state index < -0.39 is 26.5 Å². The van der Waals surface area contributed by atoms with Gasteiger partial charge in [0.2, 0.25) is 9.84 Å². The predicted molar refractivity (Wildman–Crippen MR) is 68.0 cm³/mol. The number of ketones is 1. The van der Waals surface area contributed by atoms with E-state index in [-0.39, 0.29) is 11.5 Å². The third-order valence-corrected chi connectivity index (χ3v) is 4.55. The van der Waals surface area contributed by atoms with Gasteiger partial charge in [-0.3, -0.25) is 4.79 Å². The molecular formula is C13H12O5S. The van der Waals surface area contributed by atoms with E-state index in [0.29, 0.717) is 5.56 Å². The maximum Gasteiger partial charge on any atom is 0.380 e. The fourth-order valence-corrected chi connectivity index (χ4v) is 3.37. The molecule has 0 unspecified atom stereocenters. The third-order valence-electron chi connectivity index (χ3n) is 2.72. The molecule has 0 amide bonds. The van der Waals surface area contributed by atoms with E-state index in [1.165, 1.54) is 12.1 Å². The average Bonchev–Trinajstić information content (AvgIpc) is 2.60. The number of Topliss-reactive ketones (excluding diaryl/α,β-unsaturated/α-hetero) is 1. The van der Waals surface area contributed by atoms with Gasteiger partial charge in [-0.05, 0) is 31.6 Å². The van der Waals surface area contributed by atoms with Crippen molar-refractivity contribution in [2.24, 2.45) is 0 Å². The van der Waals surface area contributed by atoms with Crippen LogP contribution in [0.5, 0.6) is 0 Å². The first kappa shape index (κ1) is 13.5. The van der Waals surface area contributed by atoms with Crippen molar-refractivity contribution >= 4 is 27.7 Å². The minimum atomic E-state index is -3.91. The molecule has 19 heavy (non-hydrogen) atoms. The first-order chi connectivity index (χ1) is 8.87. The van der Waals surface area contributed by atoms with E-state index in [9.17, 15) is 18.0 Å². The highest BCUT2D eigenvalue weighted by atomic mass is 32.2. The summed E-state index contributed by atoms with van der Waals surface area (Å²) >= 11 is 0. The van der Waals surface area contributed by atoms with E-state index in [0.717, 1.165) is 5.56 Å². The maximum absolute atomic E-state index is 12.1. The van der Waals surface area contributed by atoms with Crippen LogP contribution in [-0.4, -0.2) is 26.8 Å². The minimum absolute atomic E-state index is 0.0178. The molecule has 0 atom stereocenters. The van der Waals surface area contributed by atoms with Gasteiger partial charge in [-0.1, -0.05) is 17.7 Å². The van der Waals surface area contributed by atoms with Gasteiger partial charge in [0, 0.05) is 0 Å². The SMILES string of the molecule is CCOC(=O)C(=O)C1=Cc2cc(C)ccc2S1(=O)=O. The highest BCUT2D eigenvalue weighted by molar-refractivity contribution is 7.97. The molecule has 0 fully saturated rings. The number of hydrogen-bond donors (Lipinski definition) is 0. The second-order valence-corrected chi connectivity index (χ2v) is 5.99. The molecule has 1 heterocycles. The highest BCUT2D eigenvalue weighted by Gasteiger charge is 2.37. The summed E-state index contributed by atoms with van der Waals surface area (Å²) in [5.74, 6) is -2.28. The number of benzene rings is 1. The molecule has 0 bridgehead atoms. The summed E-state index contributed by atoms with van der Waals surface area (Å²) in [4.78, 5) is 22.7. The van der Waals surface area contributed by atoms with Crippen LogP contribution in [-0.2, 0) is 24.2 Å². The number of fused-ring (bicyclic) bond motifs is 1. The van der Waals surface area contributed by atoms with E-state index >= 15 is 0 Å². The van der Waals surface area contributed by atoms with E-state index in [1.54, 1.807) is 19.1 Å². The number of hydrogen-bond acceptors (Lipinski definition) is 5. The molecule has 0 saturated heterocycles. The molecule has 0 N–H and O–H groups in total. The Morgan fingerprint density at radius 2 is 1.95 bits per heavy atom. The van der Waals surface area contributed by atoms with Gasteiger partial charge in [-0.2, -0.15) is 0 Å². The van der Waals surface area contributed by atoms with Crippen molar-refractivity contribution in [2.45, 2.75) is 18.7 Å². The zero-order valence-electron chi connectivity index (χ0n) is 10.5. The van der Waals surface area contributed by atoms with Gasteiger partial charge >= 0.3 is 5.97 Å². The molecule has 2 rings (SSSR count). The maximum atomic E-state index is 12.1. The summed E-state index contributed by atoms with van der Waals surface area (Å²) in [7, 11) is -3.91. The van der Waals surface area contributed by atoms with Gasteiger partial charge in [0.25, 0.3) is 5.78 Å². The Bertz CT molecular complexity index is 698. The number of carbonyl (C=O) groups excluding carboxylic acids is 2. The van der Waals surface area contributed by atoms with Crippen molar-refractivity contribution < 1.29 is 22.7 Å². The van der Waals surface area contributed by atoms with Gasteiger partial charge in [-0.25, -0.2) is 13.2 Å². The lowest BCUT2D eigenvalue weighted by Crippen LogP contribution is -2.22. The monoisotopic (exact) mass is 280 g/mol. The number of carbonyl (C=O) groups is 2. The van der Waals surface area contributed by atoms with Gasteiger partial charge in [0.05, 0.1) is 11.5 Å². The Morgan fingerprint density at radius 3 is 2.58 bits per heavy atom. The molecule has 5 nitrogen and oxygen atoms in total. The van der Waals surface area contributed by atoms with Crippen molar-refractivity contribution in [1.29, 1.82) is 0 Å². The Morgan fingerprint density at radius 1 is 1.26 bits per heavy atom. The first-order valence-electron chi connectivity index (χ1n) is 5.67. The van der Waals surface area contributed by atoms with Crippen molar-refractivity contribution in [3.05, 3.63) is 34.2 Å². The Balaban J connectivity index is 2.48. The molecule has 0 radical (unpaired) electrons. The van der Waals surface area contributed by atoms with Crippen LogP contribution >= 0.6 is 0 Å². The van der Waals surface area contributed by atoms with Crippen LogP contribution in [0.4, 0.5) is 0 Å². The van der Waals surface area contributed by atoms with Crippen LogP contribution in [0.1, 0.15) is 18.1 Å². The van der Waals surface area contributed by atoms with Crippen LogP contribution in [0, 0.1) is 6.92 Å². The third kappa shape index (κ3) is 2.19. The lowest BCUT2D eigenvalue weighted by atomic mass is 10.1. The van der Waals surface area contributed by atoms with E-state index in [1.807, 2.05) is 6.92 Å². The van der Waals surface area contributed by atoms with Crippen LogP contribution < -0.4 is 0 Å². The summed E-state index contributed by atoms with van der Waals surface area (Å²) in [6.07, 6.45) is 1.22.